The van der Waals surface area contributed by atoms with Crippen molar-refractivity contribution in [1.29, 1.82) is 0 Å². The maximum atomic E-state index is 12.3. The zero-order valence-electron chi connectivity index (χ0n) is 8.43. The van der Waals surface area contributed by atoms with Gasteiger partial charge in [-0.15, -0.1) is 0 Å². The second-order valence-electron chi connectivity index (χ2n) is 3.82. The third kappa shape index (κ3) is 2.37. The Balaban J connectivity index is 3.09. The Morgan fingerprint density at radius 3 is 1.93 bits per heavy atom. The summed E-state index contributed by atoms with van der Waals surface area (Å²) in [6, 6.07) is 7.95. The number of hydrogen-bond acceptors (Lipinski definition) is 1. The molecule has 1 aromatic carbocycles. The molecular weight excluding hydrogens is 205 g/mol. The number of carbonyl (C=O) groups is 1. The molecule has 0 unspecified atom stereocenters. The molecule has 0 saturated heterocycles. The number of carbonyl (C=O) groups excluding carboxylic acids is 1. The summed E-state index contributed by atoms with van der Waals surface area (Å²) in [5.41, 5.74) is -1.16. The first kappa shape index (κ1) is 11.8. The Hall–Kier alpha value is -1.32. The van der Waals surface area contributed by atoms with E-state index in [2.05, 4.69) is 0 Å². The summed E-state index contributed by atoms with van der Waals surface area (Å²) in [4.78, 5) is 11.2. The molecule has 0 spiro atoms. The lowest BCUT2D eigenvalue weighted by Crippen LogP contribution is -2.39. The van der Waals surface area contributed by atoms with Gasteiger partial charge in [-0.05, 0) is 19.4 Å². The Kier molecular flexibility index (Phi) is 2.88. The van der Waals surface area contributed by atoms with Gasteiger partial charge in [0.2, 0.25) is 5.78 Å². The molecule has 0 aliphatic rings. The molecule has 4 heteroatoms. The molecule has 15 heavy (non-hydrogen) atoms. The molecule has 0 amide bonds. The molecule has 1 nitrogen and oxygen atoms in total. The van der Waals surface area contributed by atoms with Gasteiger partial charge in [0, 0.05) is 0 Å². The van der Waals surface area contributed by atoms with E-state index in [4.69, 9.17) is 0 Å². The van der Waals surface area contributed by atoms with Crippen molar-refractivity contribution < 1.29 is 18.0 Å². The fraction of sp³-hybridized carbons (Fsp3) is 0.364. The molecule has 0 saturated carbocycles. The summed E-state index contributed by atoms with van der Waals surface area (Å²) >= 11 is 0. The van der Waals surface area contributed by atoms with Crippen LogP contribution in [0.1, 0.15) is 19.4 Å². The fourth-order valence-electron chi connectivity index (χ4n) is 1.34. The number of halogens is 3. The lowest BCUT2D eigenvalue weighted by molar-refractivity contribution is -0.176. The van der Waals surface area contributed by atoms with Gasteiger partial charge in [-0.2, -0.15) is 13.2 Å². The molecule has 0 aliphatic carbocycles. The quantitative estimate of drug-likeness (QED) is 0.742. The van der Waals surface area contributed by atoms with Gasteiger partial charge in [0.05, 0.1) is 5.41 Å². The minimum atomic E-state index is -4.79. The standard InChI is InChI=1S/C11H11F3O/c1-10(2,9(15)11(12,13)14)8-6-4-3-5-7-8/h3-7H,1-2H3. The monoisotopic (exact) mass is 216 g/mol. The van der Waals surface area contributed by atoms with E-state index in [1.165, 1.54) is 26.0 Å². The van der Waals surface area contributed by atoms with E-state index in [1.807, 2.05) is 0 Å². The van der Waals surface area contributed by atoms with Crippen LogP contribution in [0.25, 0.3) is 0 Å². The summed E-state index contributed by atoms with van der Waals surface area (Å²) in [6.45, 7) is 2.55. The number of alkyl halides is 3. The van der Waals surface area contributed by atoms with Crippen LogP contribution in [0.2, 0.25) is 0 Å². The van der Waals surface area contributed by atoms with E-state index in [-0.39, 0.29) is 0 Å². The van der Waals surface area contributed by atoms with Crippen LogP contribution >= 0.6 is 0 Å². The van der Waals surface area contributed by atoms with Gasteiger partial charge in [-0.25, -0.2) is 0 Å². The molecule has 0 aromatic heterocycles. The maximum absolute atomic E-state index is 12.3. The van der Waals surface area contributed by atoms with E-state index < -0.39 is 17.4 Å². The van der Waals surface area contributed by atoms with E-state index >= 15 is 0 Å². The maximum Gasteiger partial charge on any atom is 0.450 e. The van der Waals surface area contributed by atoms with Crippen LogP contribution in [0.5, 0.6) is 0 Å². The van der Waals surface area contributed by atoms with Crippen molar-refractivity contribution in [2.75, 3.05) is 0 Å². The van der Waals surface area contributed by atoms with Crippen LogP contribution in [0.4, 0.5) is 13.2 Å². The Bertz CT molecular complexity index is 352. The van der Waals surface area contributed by atoms with Gasteiger partial charge < -0.3 is 0 Å². The van der Waals surface area contributed by atoms with Crippen LogP contribution in [0, 0.1) is 0 Å². The van der Waals surface area contributed by atoms with Crippen molar-refractivity contribution in [2.45, 2.75) is 25.4 Å². The third-order valence-electron chi connectivity index (χ3n) is 2.32. The molecule has 0 bridgehead atoms. The van der Waals surface area contributed by atoms with E-state index in [0.717, 1.165) is 0 Å². The largest absolute Gasteiger partial charge is 0.450 e. The SMILES string of the molecule is CC(C)(C(=O)C(F)(F)F)c1ccccc1. The molecule has 1 aromatic rings. The van der Waals surface area contributed by atoms with Gasteiger partial charge in [0.25, 0.3) is 0 Å². The van der Waals surface area contributed by atoms with Crippen LogP contribution in [-0.4, -0.2) is 12.0 Å². The highest BCUT2D eigenvalue weighted by molar-refractivity contribution is 5.93. The van der Waals surface area contributed by atoms with Crippen molar-refractivity contribution in [3.05, 3.63) is 35.9 Å². The average Bonchev–Trinajstić information content (AvgIpc) is 2.16. The number of ketones is 1. The smallest absolute Gasteiger partial charge is 0.289 e. The highest BCUT2D eigenvalue weighted by Gasteiger charge is 2.48. The molecule has 0 aliphatic heterocycles. The van der Waals surface area contributed by atoms with Crippen molar-refractivity contribution >= 4 is 5.78 Å². The zero-order chi connectivity index (χ0) is 11.7. The lowest BCUT2D eigenvalue weighted by Gasteiger charge is -2.24. The average molecular weight is 216 g/mol. The van der Waals surface area contributed by atoms with Crippen molar-refractivity contribution in [3.63, 3.8) is 0 Å². The third-order valence-corrected chi connectivity index (χ3v) is 2.32. The highest BCUT2D eigenvalue weighted by Crippen LogP contribution is 2.32. The molecule has 82 valence electrons. The van der Waals surface area contributed by atoms with Gasteiger partial charge in [-0.3, -0.25) is 4.79 Å². The first-order chi connectivity index (χ1) is 6.76. The minimum Gasteiger partial charge on any atom is -0.289 e. The van der Waals surface area contributed by atoms with Crippen LogP contribution < -0.4 is 0 Å². The first-order valence-electron chi connectivity index (χ1n) is 4.43. The molecule has 0 fully saturated rings. The number of Topliss-reactive ketones (excluding diaryl/α,β-unsaturated/α-hetero) is 1. The van der Waals surface area contributed by atoms with Crippen molar-refractivity contribution in [2.24, 2.45) is 0 Å². The van der Waals surface area contributed by atoms with E-state index in [1.54, 1.807) is 18.2 Å². The molecular formula is C11H11F3O. The first-order valence-corrected chi connectivity index (χ1v) is 4.43. The Morgan fingerprint density at radius 2 is 1.53 bits per heavy atom. The summed E-state index contributed by atoms with van der Waals surface area (Å²) in [6.07, 6.45) is -4.79. The van der Waals surface area contributed by atoms with Crippen LogP contribution in [0.3, 0.4) is 0 Å². The van der Waals surface area contributed by atoms with Gasteiger partial charge >= 0.3 is 6.18 Å². The summed E-state index contributed by atoms with van der Waals surface area (Å²) in [7, 11) is 0. The van der Waals surface area contributed by atoms with Gasteiger partial charge in [-0.1, -0.05) is 30.3 Å². The predicted molar refractivity (Wildman–Crippen MR) is 50.5 cm³/mol. The molecule has 0 atom stereocenters. The van der Waals surface area contributed by atoms with E-state index in [0.29, 0.717) is 5.56 Å². The zero-order valence-corrected chi connectivity index (χ0v) is 8.43. The second kappa shape index (κ2) is 3.68. The number of benzene rings is 1. The summed E-state index contributed by atoms with van der Waals surface area (Å²) in [5, 5.41) is 0. The van der Waals surface area contributed by atoms with Crippen molar-refractivity contribution in [3.8, 4) is 0 Å². The lowest BCUT2D eigenvalue weighted by atomic mass is 9.80. The minimum absolute atomic E-state index is 0.368. The van der Waals surface area contributed by atoms with E-state index in [9.17, 15) is 18.0 Å². The normalized spacial score (nSPS) is 12.6. The molecule has 0 heterocycles. The van der Waals surface area contributed by atoms with Crippen LogP contribution in [-0.2, 0) is 10.2 Å². The van der Waals surface area contributed by atoms with Crippen molar-refractivity contribution in [1.82, 2.24) is 0 Å². The second-order valence-corrected chi connectivity index (χ2v) is 3.82. The van der Waals surface area contributed by atoms with Gasteiger partial charge in [0.15, 0.2) is 0 Å². The predicted octanol–water partition coefficient (Wildman–Crippen LogP) is 3.10. The number of hydrogen-bond donors (Lipinski definition) is 0. The summed E-state index contributed by atoms with van der Waals surface area (Å²) in [5.74, 6) is -1.72. The molecule has 1 rings (SSSR count). The molecule has 0 radical (unpaired) electrons. The molecule has 0 N–H and O–H groups in total. The Morgan fingerprint density at radius 1 is 1.07 bits per heavy atom. The Labute approximate surface area is 85.9 Å². The van der Waals surface area contributed by atoms with Gasteiger partial charge in [0.1, 0.15) is 0 Å². The topological polar surface area (TPSA) is 17.1 Å². The fourth-order valence-corrected chi connectivity index (χ4v) is 1.34. The highest BCUT2D eigenvalue weighted by atomic mass is 19.4. The number of rotatable bonds is 2. The van der Waals surface area contributed by atoms with Crippen LogP contribution in [0.15, 0.2) is 30.3 Å². The summed E-state index contributed by atoms with van der Waals surface area (Å²) < 4.78 is 36.8.